The summed E-state index contributed by atoms with van der Waals surface area (Å²) in [6.07, 6.45) is 2.69. The molecular weight excluding hydrogens is 286 g/mol. The largest absolute Gasteiger partial charge is 0.508 e. The predicted octanol–water partition coefficient (Wildman–Crippen LogP) is 2.45. The maximum absolute atomic E-state index is 11.8. The van der Waals surface area contributed by atoms with Crippen molar-refractivity contribution < 1.29 is 24.9 Å². The number of carbonyl (C=O) groups is 2. The van der Waals surface area contributed by atoms with Gasteiger partial charge in [0.1, 0.15) is 11.5 Å². The molecule has 2 aromatic carbocycles. The molecule has 0 radical (unpaired) electrons. The van der Waals surface area contributed by atoms with E-state index in [0.717, 1.165) is 0 Å². The number of phenols is 2. The number of hydrogen-bond acceptors (Lipinski definition) is 4. The van der Waals surface area contributed by atoms with E-state index in [9.17, 15) is 14.7 Å². The molecule has 0 saturated carbocycles. The van der Waals surface area contributed by atoms with Crippen molar-refractivity contribution in [3.8, 4) is 11.5 Å². The van der Waals surface area contributed by atoms with E-state index in [-0.39, 0.29) is 22.7 Å². The van der Waals surface area contributed by atoms with Gasteiger partial charge in [-0.05, 0) is 35.9 Å². The van der Waals surface area contributed by atoms with E-state index in [0.29, 0.717) is 5.56 Å². The molecule has 2 rings (SSSR count). The molecule has 6 heteroatoms. The van der Waals surface area contributed by atoms with Crippen molar-refractivity contribution in [2.45, 2.75) is 0 Å². The van der Waals surface area contributed by atoms with E-state index >= 15 is 0 Å². The Labute approximate surface area is 126 Å². The van der Waals surface area contributed by atoms with Gasteiger partial charge in [0.25, 0.3) is 0 Å². The molecule has 1 amide bonds. The summed E-state index contributed by atoms with van der Waals surface area (Å²) < 4.78 is 0. The van der Waals surface area contributed by atoms with Crippen LogP contribution in [0.1, 0.15) is 15.9 Å². The van der Waals surface area contributed by atoms with Crippen molar-refractivity contribution in [3.05, 3.63) is 59.7 Å². The Morgan fingerprint density at radius 3 is 2.32 bits per heavy atom. The number of anilines is 1. The maximum atomic E-state index is 11.8. The molecule has 112 valence electrons. The van der Waals surface area contributed by atoms with Crippen LogP contribution in [0.5, 0.6) is 11.5 Å². The molecule has 22 heavy (non-hydrogen) atoms. The third-order valence-electron chi connectivity index (χ3n) is 2.84. The van der Waals surface area contributed by atoms with Crippen molar-refractivity contribution in [2.75, 3.05) is 5.32 Å². The fourth-order valence-electron chi connectivity index (χ4n) is 1.77. The van der Waals surface area contributed by atoms with E-state index in [1.807, 2.05) is 0 Å². The first-order valence-electron chi connectivity index (χ1n) is 6.31. The molecule has 0 aliphatic heterocycles. The molecule has 0 atom stereocenters. The third-order valence-corrected chi connectivity index (χ3v) is 2.84. The Kier molecular flexibility index (Phi) is 4.43. The molecule has 0 aliphatic carbocycles. The molecule has 2 aromatic rings. The minimum atomic E-state index is -1.26. The van der Waals surface area contributed by atoms with Crippen LogP contribution in [-0.4, -0.2) is 27.2 Å². The summed E-state index contributed by atoms with van der Waals surface area (Å²) in [6.45, 7) is 0. The SMILES string of the molecule is O=C(C=Cc1ccc(O)cc1)Nc1c(O)cccc1C(=O)O. The average molecular weight is 299 g/mol. The number of aromatic carboxylic acids is 1. The molecule has 0 saturated heterocycles. The number of carboxylic acids is 1. The van der Waals surface area contributed by atoms with Gasteiger partial charge in [0.05, 0.1) is 11.3 Å². The van der Waals surface area contributed by atoms with E-state index in [4.69, 9.17) is 10.2 Å². The monoisotopic (exact) mass is 299 g/mol. The van der Waals surface area contributed by atoms with Gasteiger partial charge in [-0.1, -0.05) is 18.2 Å². The molecule has 0 bridgehead atoms. The molecule has 0 aromatic heterocycles. The van der Waals surface area contributed by atoms with Crippen LogP contribution in [0.3, 0.4) is 0 Å². The van der Waals surface area contributed by atoms with E-state index in [1.54, 1.807) is 12.1 Å². The van der Waals surface area contributed by atoms with Gasteiger partial charge in [0.15, 0.2) is 0 Å². The first kappa shape index (κ1) is 15.1. The van der Waals surface area contributed by atoms with Crippen LogP contribution in [0.4, 0.5) is 5.69 Å². The first-order valence-corrected chi connectivity index (χ1v) is 6.31. The van der Waals surface area contributed by atoms with E-state index in [2.05, 4.69) is 5.32 Å². The zero-order valence-electron chi connectivity index (χ0n) is 11.4. The van der Waals surface area contributed by atoms with Crippen molar-refractivity contribution in [1.29, 1.82) is 0 Å². The predicted molar refractivity (Wildman–Crippen MR) is 80.8 cm³/mol. The maximum Gasteiger partial charge on any atom is 0.337 e. The van der Waals surface area contributed by atoms with Gasteiger partial charge in [-0.2, -0.15) is 0 Å². The van der Waals surface area contributed by atoms with Crippen LogP contribution in [-0.2, 0) is 4.79 Å². The molecule has 0 spiro atoms. The second-order valence-electron chi connectivity index (χ2n) is 4.42. The van der Waals surface area contributed by atoms with Crippen molar-refractivity contribution in [3.63, 3.8) is 0 Å². The zero-order valence-corrected chi connectivity index (χ0v) is 11.4. The summed E-state index contributed by atoms with van der Waals surface area (Å²) in [5, 5.41) is 30.2. The van der Waals surface area contributed by atoms with Gasteiger partial charge in [-0.3, -0.25) is 4.79 Å². The van der Waals surface area contributed by atoms with Gasteiger partial charge in [-0.25, -0.2) is 4.79 Å². The molecule has 0 fully saturated rings. The summed E-state index contributed by atoms with van der Waals surface area (Å²) >= 11 is 0. The highest BCUT2D eigenvalue weighted by molar-refractivity contribution is 6.07. The van der Waals surface area contributed by atoms with Crippen LogP contribution < -0.4 is 5.32 Å². The lowest BCUT2D eigenvalue weighted by molar-refractivity contribution is -0.111. The Hall–Kier alpha value is -3.28. The summed E-state index contributed by atoms with van der Waals surface area (Å²) in [7, 11) is 0. The topological polar surface area (TPSA) is 107 Å². The summed E-state index contributed by atoms with van der Waals surface area (Å²) in [4.78, 5) is 22.9. The van der Waals surface area contributed by atoms with Gasteiger partial charge in [0, 0.05) is 6.08 Å². The number of carbonyl (C=O) groups excluding carboxylic acids is 1. The second-order valence-corrected chi connectivity index (χ2v) is 4.42. The van der Waals surface area contributed by atoms with Crippen molar-refractivity contribution in [2.24, 2.45) is 0 Å². The van der Waals surface area contributed by atoms with Crippen LogP contribution >= 0.6 is 0 Å². The highest BCUT2D eigenvalue weighted by atomic mass is 16.4. The quantitative estimate of drug-likeness (QED) is 0.512. The van der Waals surface area contributed by atoms with E-state index < -0.39 is 11.9 Å². The number of aromatic hydroxyl groups is 2. The average Bonchev–Trinajstić information content (AvgIpc) is 2.48. The molecule has 6 nitrogen and oxygen atoms in total. The van der Waals surface area contributed by atoms with Crippen molar-refractivity contribution >= 4 is 23.6 Å². The normalized spacial score (nSPS) is 10.5. The van der Waals surface area contributed by atoms with Crippen LogP contribution in [0.25, 0.3) is 6.08 Å². The minimum absolute atomic E-state index is 0.113. The third kappa shape index (κ3) is 3.63. The highest BCUT2D eigenvalue weighted by Gasteiger charge is 2.14. The zero-order chi connectivity index (χ0) is 16.1. The molecule has 0 unspecified atom stereocenters. The van der Waals surface area contributed by atoms with Gasteiger partial charge in [-0.15, -0.1) is 0 Å². The number of carboxylic acid groups (broad SMARTS) is 1. The Morgan fingerprint density at radius 2 is 1.68 bits per heavy atom. The van der Waals surface area contributed by atoms with Crippen LogP contribution in [0.15, 0.2) is 48.5 Å². The van der Waals surface area contributed by atoms with Gasteiger partial charge in [0.2, 0.25) is 5.91 Å². The molecular formula is C16H13NO5. The number of para-hydroxylation sites is 1. The number of nitrogens with one attached hydrogen (secondary N) is 1. The summed E-state index contributed by atoms with van der Waals surface area (Å²) in [5.74, 6) is -2.06. The van der Waals surface area contributed by atoms with Gasteiger partial charge < -0.3 is 20.6 Å². The number of hydrogen-bond donors (Lipinski definition) is 4. The van der Waals surface area contributed by atoms with Crippen molar-refractivity contribution in [1.82, 2.24) is 0 Å². The number of benzene rings is 2. The standard InChI is InChI=1S/C16H13NO5/c18-11-7-4-10(5-8-11)6-9-14(20)17-15-12(16(21)22)2-1-3-13(15)19/h1-9,18-19H,(H,17,20)(H,21,22). The smallest absolute Gasteiger partial charge is 0.337 e. The minimum Gasteiger partial charge on any atom is -0.508 e. The van der Waals surface area contributed by atoms with Crippen LogP contribution in [0, 0.1) is 0 Å². The lowest BCUT2D eigenvalue weighted by Crippen LogP contribution is -2.12. The summed E-state index contributed by atoms with van der Waals surface area (Å²) in [5.41, 5.74) is 0.324. The fraction of sp³-hybridized carbons (Fsp3) is 0. The second kappa shape index (κ2) is 6.45. The Balaban J connectivity index is 2.16. The molecule has 0 heterocycles. The van der Waals surface area contributed by atoms with E-state index in [1.165, 1.54) is 42.5 Å². The van der Waals surface area contributed by atoms with Gasteiger partial charge >= 0.3 is 5.97 Å². The van der Waals surface area contributed by atoms with Crippen LogP contribution in [0.2, 0.25) is 0 Å². The Bertz CT molecular complexity index is 735. The molecule has 4 N–H and O–H groups in total. The number of amides is 1. The molecule has 0 aliphatic rings. The lowest BCUT2D eigenvalue weighted by atomic mass is 10.1. The number of phenolic OH excluding ortho intramolecular Hbond substituents is 2. The Morgan fingerprint density at radius 1 is 1.00 bits per heavy atom. The first-order chi connectivity index (χ1) is 10.5. The number of rotatable bonds is 4. The lowest BCUT2D eigenvalue weighted by Gasteiger charge is -2.08. The fourth-order valence-corrected chi connectivity index (χ4v) is 1.77. The highest BCUT2D eigenvalue weighted by Crippen LogP contribution is 2.27. The summed E-state index contributed by atoms with van der Waals surface area (Å²) in [6, 6.07) is 10.1.